The maximum absolute atomic E-state index is 11.9. The Morgan fingerprint density at radius 2 is 1.85 bits per heavy atom. The molecular formula is C15H25NO3S. The van der Waals surface area contributed by atoms with Gasteiger partial charge in [0, 0.05) is 20.2 Å². The van der Waals surface area contributed by atoms with Crippen molar-refractivity contribution in [2.75, 3.05) is 19.4 Å². The predicted octanol–water partition coefficient (Wildman–Crippen LogP) is 2.14. The molecule has 20 heavy (non-hydrogen) atoms. The van der Waals surface area contributed by atoms with E-state index in [1.54, 1.807) is 27.9 Å². The number of rotatable bonds is 7. The zero-order valence-corrected chi connectivity index (χ0v) is 13.6. The Labute approximate surface area is 122 Å². The van der Waals surface area contributed by atoms with Gasteiger partial charge in [0.15, 0.2) is 9.84 Å². The van der Waals surface area contributed by atoms with Crippen molar-refractivity contribution in [3.63, 3.8) is 0 Å². The van der Waals surface area contributed by atoms with Crippen LogP contribution in [-0.2, 0) is 27.7 Å². The van der Waals surface area contributed by atoms with E-state index in [1.165, 1.54) is 0 Å². The molecule has 114 valence electrons. The number of hydrogen-bond acceptors (Lipinski definition) is 4. The van der Waals surface area contributed by atoms with E-state index < -0.39 is 14.6 Å². The Morgan fingerprint density at radius 1 is 1.20 bits per heavy atom. The van der Waals surface area contributed by atoms with Crippen LogP contribution in [0.25, 0.3) is 0 Å². The van der Waals surface area contributed by atoms with Crippen LogP contribution in [0.3, 0.4) is 0 Å². The SMILES string of the molecule is COCc1cccc(CNCCS(=O)(=O)C(C)(C)C)c1. The summed E-state index contributed by atoms with van der Waals surface area (Å²) in [5.41, 5.74) is 2.25. The number of methoxy groups -OCH3 is 1. The molecule has 0 aliphatic carbocycles. The van der Waals surface area contributed by atoms with E-state index in [9.17, 15) is 8.42 Å². The molecule has 0 atom stereocenters. The number of hydrogen-bond donors (Lipinski definition) is 1. The highest BCUT2D eigenvalue weighted by Crippen LogP contribution is 2.15. The molecule has 0 bridgehead atoms. The van der Waals surface area contributed by atoms with Gasteiger partial charge in [-0.3, -0.25) is 0 Å². The Hall–Kier alpha value is -0.910. The minimum atomic E-state index is -3.05. The summed E-state index contributed by atoms with van der Waals surface area (Å²) in [5, 5.41) is 3.18. The highest BCUT2D eigenvalue weighted by molar-refractivity contribution is 7.92. The molecule has 1 rings (SSSR count). The summed E-state index contributed by atoms with van der Waals surface area (Å²) in [4.78, 5) is 0. The van der Waals surface area contributed by atoms with E-state index >= 15 is 0 Å². The molecule has 0 aliphatic rings. The fourth-order valence-corrected chi connectivity index (χ4v) is 2.77. The first-order valence-electron chi connectivity index (χ1n) is 6.76. The Balaban J connectivity index is 2.44. The van der Waals surface area contributed by atoms with Crippen LogP contribution < -0.4 is 5.32 Å². The fraction of sp³-hybridized carbons (Fsp3) is 0.600. The van der Waals surface area contributed by atoms with E-state index in [4.69, 9.17) is 4.74 Å². The van der Waals surface area contributed by atoms with Crippen molar-refractivity contribution in [3.8, 4) is 0 Å². The molecule has 0 radical (unpaired) electrons. The van der Waals surface area contributed by atoms with Crippen molar-refractivity contribution in [1.29, 1.82) is 0 Å². The van der Waals surface area contributed by atoms with Gasteiger partial charge in [-0.15, -0.1) is 0 Å². The lowest BCUT2D eigenvalue weighted by molar-refractivity contribution is 0.185. The number of ether oxygens (including phenoxy) is 1. The minimum absolute atomic E-state index is 0.161. The van der Waals surface area contributed by atoms with Gasteiger partial charge in [0.25, 0.3) is 0 Å². The van der Waals surface area contributed by atoms with Crippen LogP contribution in [0, 0.1) is 0 Å². The van der Waals surface area contributed by atoms with Crippen LogP contribution in [-0.4, -0.2) is 32.6 Å². The lowest BCUT2D eigenvalue weighted by Crippen LogP contribution is -2.34. The van der Waals surface area contributed by atoms with Crippen molar-refractivity contribution in [2.45, 2.75) is 38.7 Å². The molecule has 1 aromatic carbocycles. The molecule has 5 heteroatoms. The molecule has 4 nitrogen and oxygen atoms in total. The van der Waals surface area contributed by atoms with Gasteiger partial charge in [-0.1, -0.05) is 24.3 Å². The summed E-state index contributed by atoms with van der Waals surface area (Å²) in [6, 6.07) is 8.08. The molecule has 0 heterocycles. The average molecular weight is 299 g/mol. The van der Waals surface area contributed by atoms with Crippen LogP contribution in [0.15, 0.2) is 24.3 Å². The van der Waals surface area contributed by atoms with E-state index in [2.05, 4.69) is 11.4 Å². The van der Waals surface area contributed by atoms with Gasteiger partial charge in [-0.25, -0.2) is 8.42 Å². The predicted molar refractivity (Wildman–Crippen MR) is 82.4 cm³/mol. The quantitative estimate of drug-likeness (QED) is 0.784. The average Bonchev–Trinajstić information content (AvgIpc) is 2.34. The van der Waals surface area contributed by atoms with Crippen molar-refractivity contribution < 1.29 is 13.2 Å². The third-order valence-corrected chi connectivity index (χ3v) is 5.72. The third-order valence-electron chi connectivity index (χ3n) is 3.11. The van der Waals surface area contributed by atoms with Gasteiger partial charge in [0.1, 0.15) is 0 Å². The monoisotopic (exact) mass is 299 g/mol. The summed E-state index contributed by atoms with van der Waals surface area (Å²) >= 11 is 0. The van der Waals surface area contributed by atoms with Gasteiger partial charge < -0.3 is 10.1 Å². The molecule has 1 N–H and O–H groups in total. The molecule has 0 spiro atoms. The Bertz CT molecular complexity index is 518. The molecule has 0 saturated carbocycles. The lowest BCUT2D eigenvalue weighted by atomic mass is 10.1. The summed E-state index contributed by atoms with van der Waals surface area (Å²) < 4.78 is 28.3. The van der Waals surface area contributed by atoms with Crippen molar-refractivity contribution in [1.82, 2.24) is 5.32 Å². The summed E-state index contributed by atoms with van der Waals surface area (Å²) in [5.74, 6) is 0.161. The van der Waals surface area contributed by atoms with Crippen LogP contribution in [0.1, 0.15) is 31.9 Å². The van der Waals surface area contributed by atoms with E-state index in [-0.39, 0.29) is 5.75 Å². The largest absolute Gasteiger partial charge is 0.380 e. The zero-order valence-electron chi connectivity index (χ0n) is 12.8. The molecule has 0 aliphatic heterocycles. The van der Waals surface area contributed by atoms with E-state index in [0.29, 0.717) is 19.7 Å². The van der Waals surface area contributed by atoms with Gasteiger partial charge in [0.2, 0.25) is 0 Å². The Kier molecular flexibility index (Phi) is 6.17. The van der Waals surface area contributed by atoms with Gasteiger partial charge in [-0.05, 0) is 31.9 Å². The van der Waals surface area contributed by atoms with Gasteiger partial charge >= 0.3 is 0 Å². The Morgan fingerprint density at radius 3 is 2.45 bits per heavy atom. The summed E-state index contributed by atoms with van der Waals surface area (Å²) in [6.07, 6.45) is 0. The number of nitrogens with one attached hydrogen (secondary N) is 1. The third kappa shape index (κ3) is 5.23. The first-order chi connectivity index (χ1) is 9.26. The number of benzene rings is 1. The summed E-state index contributed by atoms with van der Waals surface area (Å²) in [7, 11) is -1.38. The second-order valence-corrected chi connectivity index (χ2v) is 8.72. The van der Waals surface area contributed by atoms with Crippen molar-refractivity contribution >= 4 is 9.84 Å². The fourth-order valence-electron chi connectivity index (χ4n) is 1.74. The lowest BCUT2D eigenvalue weighted by Gasteiger charge is -2.19. The first-order valence-corrected chi connectivity index (χ1v) is 8.41. The van der Waals surface area contributed by atoms with E-state index in [1.807, 2.05) is 18.2 Å². The second-order valence-electron chi connectivity index (χ2n) is 5.86. The van der Waals surface area contributed by atoms with Crippen LogP contribution in [0.4, 0.5) is 0 Å². The molecular weight excluding hydrogens is 274 g/mol. The van der Waals surface area contributed by atoms with Gasteiger partial charge in [-0.2, -0.15) is 0 Å². The highest BCUT2D eigenvalue weighted by Gasteiger charge is 2.27. The molecule has 0 amide bonds. The topological polar surface area (TPSA) is 55.4 Å². The van der Waals surface area contributed by atoms with E-state index in [0.717, 1.165) is 11.1 Å². The normalized spacial score (nSPS) is 12.6. The standard InChI is InChI=1S/C15H25NO3S/c1-15(2,3)20(17,18)9-8-16-11-13-6-5-7-14(10-13)12-19-4/h5-7,10,16H,8-9,11-12H2,1-4H3. The van der Waals surface area contributed by atoms with Crippen molar-refractivity contribution in [3.05, 3.63) is 35.4 Å². The smallest absolute Gasteiger partial charge is 0.156 e. The van der Waals surface area contributed by atoms with Crippen molar-refractivity contribution in [2.24, 2.45) is 0 Å². The maximum atomic E-state index is 11.9. The highest BCUT2D eigenvalue weighted by atomic mass is 32.2. The van der Waals surface area contributed by atoms with Crippen LogP contribution >= 0.6 is 0 Å². The molecule has 0 aromatic heterocycles. The minimum Gasteiger partial charge on any atom is -0.380 e. The molecule has 0 unspecified atom stereocenters. The second kappa shape index (κ2) is 7.20. The molecule has 1 aromatic rings. The maximum Gasteiger partial charge on any atom is 0.156 e. The molecule has 0 saturated heterocycles. The molecule has 0 fully saturated rings. The zero-order chi connectivity index (χ0) is 15.2. The van der Waals surface area contributed by atoms with Gasteiger partial charge in [0.05, 0.1) is 17.1 Å². The van der Waals surface area contributed by atoms with Crippen LogP contribution in [0.2, 0.25) is 0 Å². The summed E-state index contributed by atoms with van der Waals surface area (Å²) in [6.45, 7) is 6.92. The number of sulfone groups is 1. The van der Waals surface area contributed by atoms with Crippen LogP contribution in [0.5, 0.6) is 0 Å². The first kappa shape index (κ1) is 17.1.